The van der Waals surface area contributed by atoms with Crippen LogP contribution in [0.3, 0.4) is 0 Å². The van der Waals surface area contributed by atoms with Gasteiger partial charge in [0.2, 0.25) is 0 Å². The summed E-state index contributed by atoms with van der Waals surface area (Å²) in [6.07, 6.45) is 0. The van der Waals surface area contributed by atoms with Crippen LogP contribution in [-0.4, -0.2) is 29.8 Å². The quantitative estimate of drug-likeness (QED) is 0.680. The number of carbonyl (C=O) groups excluding carboxylic acids is 1. The Kier molecular flexibility index (Phi) is 4.73. The zero-order valence-corrected chi connectivity index (χ0v) is 12.4. The largest absolute Gasteiger partial charge is 0.380 e. The molecular formula is C16H17N3O3. The Labute approximate surface area is 128 Å². The molecule has 2 aromatic rings. The SMILES string of the molecule is CN(C)C(=O)c1ccccc1NCc1ccccc1[N+](=O)[O-]. The molecule has 0 aromatic heterocycles. The van der Waals surface area contributed by atoms with Crippen LogP contribution in [0, 0.1) is 10.1 Å². The number of hydrogen-bond donors (Lipinski definition) is 1. The molecule has 22 heavy (non-hydrogen) atoms. The van der Waals surface area contributed by atoms with Crippen LogP contribution in [0.1, 0.15) is 15.9 Å². The van der Waals surface area contributed by atoms with Crippen LogP contribution < -0.4 is 5.32 Å². The second-order valence-electron chi connectivity index (χ2n) is 4.98. The predicted molar refractivity (Wildman–Crippen MR) is 84.9 cm³/mol. The average molecular weight is 299 g/mol. The minimum atomic E-state index is -0.409. The maximum atomic E-state index is 12.1. The summed E-state index contributed by atoms with van der Waals surface area (Å²) in [6.45, 7) is 0.273. The van der Waals surface area contributed by atoms with Crippen molar-refractivity contribution in [3.05, 3.63) is 69.8 Å². The van der Waals surface area contributed by atoms with Gasteiger partial charge in [-0.3, -0.25) is 14.9 Å². The highest BCUT2D eigenvalue weighted by Crippen LogP contribution is 2.21. The van der Waals surface area contributed by atoms with E-state index < -0.39 is 4.92 Å². The lowest BCUT2D eigenvalue weighted by Gasteiger charge is -2.15. The van der Waals surface area contributed by atoms with E-state index in [2.05, 4.69) is 5.32 Å². The maximum Gasteiger partial charge on any atom is 0.274 e. The monoisotopic (exact) mass is 299 g/mol. The molecule has 2 rings (SSSR count). The van der Waals surface area contributed by atoms with Crippen molar-refractivity contribution in [3.63, 3.8) is 0 Å². The molecule has 6 nitrogen and oxygen atoms in total. The molecule has 0 aliphatic rings. The molecule has 2 aromatic carbocycles. The molecule has 0 saturated carbocycles. The molecule has 0 unspecified atom stereocenters. The molecule has 0 aliphatic heterocycles. The third-order valence-electron chi connectivity index (χ3n) is 3.22. The summed E-state index contributed by atoms with van der Waals surface area (Å²) >= 11 is 0. The Bertz CT molecular complexity index is 699. The lowest BCUT2D eigenvalue weighted by atomic mass is 10.1. The van der Waals surface area contributed by atoms with Crippen molar-refractivity contribution in [1.29, 1.82) is 0 Å². The van der Waals surface area contributed by atoms with Crippen LogP contribution in [0.2, 0.25) is 0 Å². The molecule has 0 saturated heterocycles. The van der Waals surface area contributed by atoms with Gasteiger partial charge in [-0.2, -0.15) is 0 Å². The predicted octanol–water partition coefficient (Wildman–Crippen LogP) is 2.91. The maximum absolute atomic E-state index is 12.1. The second kappa shape index (κ2) is 6.71. The number of nitro groups is 1. The van der Waals surface area contributed by atoms with Gasteiger partial charge >= 0.3 is 0 Å². The van der Waals surface area contributed by atoms with E-state index in [0.717, 1.165) is 0 Å². The van der Waals surface area contributed by atoms with Crippen LogP contribution in [0.4, 0.5) is 11.4 Å². The topological polar surface area (TPSA) is 75.5 Å². The van der Waals surface area contributed by atoms with E-state index in [1.165, 1.54) is 11.0 Å². The first kappa shape index (κ1) is 15.5. The van der Waals surface area contributed by atoms with Crippen molar-refractivity contribution in [1.82, 2.24) is 4.90 Å². The molecule has 114 valence electrons. The molecule has 1 amide bonds. The molecule has 0 heterocycles. The summed E-state index contributed by atoms with van der Waals surface area (Å²) in [7, 11) is 3.36. The van der Waals surface area contributed by atoms with Crippen molar-refractivity contribution in [2.24, 2.45) is 0 Å². The lowest BCUT2D eigenvalue weighted by Crippen LogP contribution is -2.22. The average Bonchev–Trinajstić information content (AvgIpc) is 2.52. The third kappa shape index (κ3) is 3.41. The number of amides is 1. The number of rotatable bonds is 5. The second-order valence-corrected chi connectivity index (χ2v) is 4.98. The van der Waals surface area contributed by atoms with Gasteiger partial charge in [0.25, 0.3) is 11.6 Å². The fourth-order valence-electron chi connectivity index (χ4n) is 2.09. The van der Waals surface area contributed by atoms with E-state index in [0.29, 0.717) is 16.8 Å². The summed E-state index contributed by atoms with van der Waals surface area (Å²) in [4.78, 5) is 24.2. The molecular weight excluding hydrogens is 282 g/mol. The van der Waals surface area contributed by atoms with E-state index in [9.17, 15) is 14.9 Å². The van der Waals surface area contributed by atoms with Crippen LogP contribution >= 0.6 is 0 Å². The zero-order chi connectivity index (χ0) is 16.1. The summed E-state index contributed by atoms with van der Waals surface area (Å²) < 4.78 is 0. The smallest absolute Gasteiger partial charge is 0.274 e. The molecule has 0 atom stereocenters. The van der Waals surface area contributed by atoms with Crippen LogP contribution in [0.5, 0.6) is 0 Å². The Morgan fingerprint density at radius 3 is 2.45 bits per heavy atom. The number of nitrogens with one attached hydrogen (secondary N) is 1. The number of anilines is 1. The number of benzene rings is 2. The Balaban J connectivity index is 2.23. The van der Waals surface area contributed by atoms with E-state index >= 15 is 0 Å². The first-order chi connectivity index (χ1) is 10.5. The number of nitro benzene ring substituents is 1. The van der Waals surface area contributed by atoms with Gasteiger partial charge in [0.05, 0.1) is 10.5 Å². The first-order valence-corrected chi connectivity index (χ1v) is 6.77. The fraction of sp³-hybridized carbons (Fsp3) is 0.188. The zero-order valence-electron chi connectivity index (χ0n) is 12.4. The van der Waals surface area contributed by atoms with E-state index in [-0.39, 0.29) is 18.1 Å². The van der Waals surface area contributed by atoms with Crippen LogP contribution in [0.15, 0.2) is 48.5 Å². The van der Waals surface area contributed by atoms with Gasteiger partial charge in [-0.25, -0.2) is 0 Å². The summed E-state index contributed by atoms with van der Waals surface area (Å²) in [5, 5.41) is 14.1. The number of carbonyl (C=O) groups is 1. The van der Waals surface area contributed by atoms with E-state index in [4.69, 9.17) is 0 Å². The van der Waals surface area contributed by atoms with E-state index in [1.807, 2.05) is 6.07 Å². The highest BCUT2D eigenvalue weighted by atomic mass is 16.6. The highest BCUT2D eigenvalue weighted by molar-refractivity contribution is 5.99. The number of nitrogens with zero attached hydrogens (tertiary/aromatic N) is 2. The standard InChI is InChI=1S/C16H17N3O3/c1-18(2)16(20)13-8-4-5-9-14(13)17-11-12-7-3-6-10-15(12)19(21)22/h3-10,17H,11H2,1-2H3. The summed E-state index contributed by atoms with van der Waals surface area (Å²) in [5.74, 6) is -0.120. The molecule has 0 fully saturated rings. The van der Waals surface area contributed by atoms with Gasteiger partial charge in [0.1, 0.15) is 0 Å². The van der Waals surface area contributed by atoms with Crippen molar-refractivity contribution < 1.29 is 9.72 Å². The first-order valence-electron chi connectivity index (χ1n) is 6.77. The van der Waals surface area contributed by atoms with Gasteiger partial charge in [-0.05, 0) is 12.1 Å². The Morgan fingerprint density at radius 2 is 1.77 bits per heavy atom. The van der Waals surface area contributed by atoms with Crippen molar-refractivity contribution >= 4 is 17.3 Å². The van der Waals surface area contributed by atoms with Crippen LogP contribution in [0.25, 0.3) is 0 Å². The minimum Gasteiger partial charge on any atom is -0.380 e. The fourth-order valence-corrected chi connectivity index (χ4v) is 2.09. The Morgan fingerprint density at radius 1 is 1.14 bits per heavy atom. The Hall–Kier alpha value is -2.89. The molecule has 1 N–H and O–H groups in total. The molecule has 6 heteroatoms. The molecule has 0 spiro atoms. The lowest BCUT2D eigenvalue weighted by molar-refractivity contribution is -0.385. The third-order valence-corrected chi connectivity index (χ3v) is 3.22. The number of para-hydroxylation sites is 2. The summed E-state index contributed by atoms with van der Waals surface area (Å²) in [5.41, 5.74) is 1.82. The summed E-state index contributed by atoms with van der Waals surface area (Å²) in [6, 6.07) is 13.7. The minimum absolute atomic E-state index is 0.0615. The van der Waals surface area contributed by atoms with Gasteiger partial charge in [-0.15, -0.1) is 0 Å². The highest BCUT2D eigenvalue weighted by Gasteiger charge is 2.15. The number of hydrogen-bond acceptors (Lipinski definition) is 4. The van der Waals surface area contributed by atoms with Crippen LogP contribution in [-0.2, 0) is 6.54 Å². The van der Waals surface area contributed by atoms with Crippen molar-refractivity contribution in [2.45, 2.75) is 6.54 Å². The van der Waals surface area contributed by atoms with Gasteiger partial charge in [0.15, 0.2) is 0 Å². The van der Waals surface area contributed by atoms with E-state index in [1.54, 1.807) is 50.5 Å². The van der Waals surface area contributed by atoms with Crippen molar-refractivity contribution in [2.75, 3.05) is 19.4 Å². The molecule has 0 bridgehead atoms. The van der Waals surface area contributed by atoms with Gasteiger partial charge in [0, 0.05) is 38.0 Å². The van der Waals surface area contributed by atoms with Crippen molar-refractivity contribution in [3.8, 4) is 0 Å². The molecule has 0 radical (unpaired) electrons. The normalized spacial score (nSPS) is 10.1. The van der Waals surface area contributed by atoms with Gasteiger partial charge in [-0.1, -0.05) is 30.3 Å². The van der Waals surface area contributed by atoms with Gasteiger partial charge < -0.3 is 10.2 Å². The molecule has 0 aliphatic carbocycles.